The van der Waals surface area contributed by atoms with Gasteiger partial charge in [0.15, 0.2) is 5.96 Å². The van der Waals surface area contributed by atoms with Gasteiger partial charge in [0.05, 0.1) is 0 Å². The van der Waals surface area contributed by atoms with E-state index in [9.17, 15) is 14.7 Å². The van der Waals surface area contributed by atoms with Crippen LogP contribution in [0, 0.1) is 0 Å². The van der Waals surface area contributed by atoms with Crippen molar-refractivity contribution in [1.29, 1.82) is 0 Å². The molecule has 0 aromatic rings. The molecule has 0 radical (unpaired) electrons. The van der Waals surface area contributed by atoms with Gasteiger partial charge in [-0.05, 0) is 64.2 Å². The number of carbonyl (C=O) groups excluding carboxylic acids is 2. The number of aliphatic imine (C=N–C) groups is 1. The fraction of sp³-hybridized carbons (Fsp3) is 0.737. The van der Waals surface area contributed by atoms with Crippen molar-refractivity contribution in [3.63, 3.8) is 0 Å². The van der Waals surface area contributed by atoms with Crippen molar-refractivity contribution in [3.8, 4) is 0 Å². The Labute approximate surface area is 173 Å². The Morgan fingerprint density at radius 2 is 1.66 bits per heavy atom. The first kappa shape index (κ1) is 26.8. The zero-order valence-corrected chi connectivity index (χ0v) is 17.4. The van der Waals surface area contributed by atoms with E-state index in [-0.39, 0.29) is 5.96 Å². The van der Waals surface area contributed by atoms with Gasteiger partial charge in [-0.1, -0.05) is 18.9 Å². The Hall–Kier alpha value is -2.17. The van der Waals surface area contributed by atoms with Gasteiger partial charge in [0.1, 0.15) is 0 Å². The molecule has 0 bridgehead atoms. The molecule has 0 rings (SSSR count). The molecular formula is C19H39N7O3. The number of guanidine groups is 1. The highest BCUT2D eigenvalue weighted by atomic mass is 16.3. The van der Waals surface area contributed by atoms with Crippen molar-refractivity contribution in [2.45, 2.75) is 57.6 Å². The van der Waals surface area contributed by atoms with E-state index in [1.165, 1.54) is 6.08 Å². The lowest BCUT2D eigenvalue weighted by Gasteiger charge is -2.12. The summed E-state index contributed by atoms with van der Waals surface area (Å²) in [7, 11) is 0. The Morgan fingerprint density at radius 3 is 2.38 bits per heavy atom. The van der Waals surface area contributed by atoms with Crippen LogP contribution in [0.4, 0.5) is 0 Å². The normalized spacial score (nSPS) is 11.9. The predicted molar refractivity (Wildman–Crippen MR) is 116 cm³/mol. The number of aliphatic hydroxyl groups is 1. The fourth-order valence-corrected chi connectivity index (χ4v) is 2.41. The SMILES string of the molecule is NCCCNCCCCNC(=O)C(O)NC(=O)/C=C/CCCCCCN=C(N)N. The van der Waals surface area contributed by atoms with Crippen LogP contribution in [0.3, 0.4) is 0 Å². The van der Waals surface area contributed by atoms with Gasteiger partial charge in [-0.2, -0.15) is 0 Å². The molecular weight excluding hydrogens is 374 g/mol. The van der Waals surface area contributed by atoms with E-state index in [4.69, 9.17) is 17.2 Å². The molecule has 168 valence electrons. The molecule has 0 aromatic carbocycles. The van der Waals surface area contributed by atoms with Crippen molar-refractivity contribution >= 4 is 17.8 Å². The monoisotopic (exact) mass is 413 g/mol. The summed E-state index contributed by atoms with van der Waals surface area (Å²) in [5, 5.41) is 17.8. The zero-order chi connectivity index (χ0) is 21.7. The topological polar surface area (TPSA) is 181 Å². The Morgan fingerprint density at radius 1 is 0.966 bits per heavy atom. The minimum Gasteiger partial charge on any atom is -0.370 e. The van der Waals surface area contributed by atoms with Gasteiger partial charge >= 0.3 is 0 Å². The Balaban J connectivity index is 3.67. The van der Waals surface area contributed by atoms with Crippen molar-refractivity contribution in [2.24, 2.45) is 22.2 Å². The second-order valence-electron chi connectivity index (χ2n) is 6.71. The fourth-order valence-electron chi connectivity index (χ4n) is 2.41. The first-order valence-electron chi connectivity index (χ1n) is 10.4. The highest BCUT2D eigenvalue weighted by Gasteiger charge is 2.15. The number of amides is 2. The molecule has 2 amide bonds. The van der Waals surface area contributed by atoms with Crippen molar-refractivity contribution in [1.82, 2.24) is 16.0 Å². The standard InChI is InChI=1S/C19H39N7O3/c20-11-9-13-23-12-7-8-14-24-17(28)18(29)26-16(27)10-5-3-1-2-4-6-15-25-19(21)22/h5,10,18,23,29H,1-4,6-9,11-15,20H2,(H,24,28)(H,26,27)(H4,21,22,25)/b10-5+. The van der Waals surface area contributed by atoms with Gasteiger partial charge in [-0.3, -0.25) is 14.6 Å². The molecule has 10 N–H and O–H groups in total. The molecule has 1 atom stereocenters. The summed E-state index contributed by atoms with van der Waals surface area (Å²) in [6, 6.07) is 0. The maximum absolute atomic E-state index is 11.7. The van der Waals surface area contributed by atoms with Crippen LogP contribution < -0.4 is 33.2 Å². The van der Waals surface area contributed by atoms with Gasteiger partial charge in [0.2, 0.25) is 12.1 Å². The number of rotatable bonds is 18. The Bertz CT molecular complexity index is 494. The first-order valence-corrected chi connectivity index (χ1v) is 10.4. The summed E-state index contributed by atoms with van der Waals surface area (Å²) >= 11 is 0. The molecule has 0 fully saturated rings. The molecule has 0 saturated heterocycles. The van der Waals surface area contributed by atoms with E-state index in [2.05, 4.69) is 20.9 Å². The summed E-state index contributed by atoms with van der Waals surface area (Å²) < 4.78 is 0. The van der Waals surface area contributed by atoms with E-state index in [0.717, 1.165) is 64.5 Å². The van der Waals surface area contributed by atoms with Gasteiger partial charge in [0, 0.05) is 13.1 Å². The number of allylic oxidation sites excluding steroid dienone is 1. The van der Waals surface area contributed by atoms with Gasteiger partial charge in [0.25, 0.3) is 5.91 Å². The molecule has 0 aliphatic rings. The summed E-state index contributed by atoms with van der Waals surface area (Å²) in [5.74, 6) is -0.991. The zero-order valence-electron chi connectivity index (χ0n) is 17.4. The predicted octanol–water partition coefficient (Wildman–Crippen LogP) is -0.964. The van der Waals surface area contributed by atoms with E-state index < -0.39 is 18.0 Å². The molecule has 0 heterocycles. The molecule has 1 unspecified atom stereocenters. The molecule has 0 aliphatic heterocycles. The lowest BCUT2D eigenvalue weighted by molar-refractivity contribution is -0.135. The highest BCUT2D eigenvalue weighted by molar-refractivity contribution is 5.92. The van der Waals surface area contributed by atoms with Gasteiger partial charge in [-0.15, -0.1) is 0 Å². The van der Waals surface area contributed by atoms with Crippen LogP contribution in [-0.4, -0.2) is 61.8 Å². The quantitative estimate of drug-likeness (QED) is 0.0496. The second kappa shape index (κ2) is 19.2. The van der Waals surface area contributed by atoms with E-state index in [1.54, 1.807) is 6.08 Å². The van der Waals surface area contributed by atoms with Crippen molar-refractivity contribution in [3.05, 3.63) is 12.2 Å². The van der Waals surface area contributed by atoms with Gasteiger partial charge in [-0.25, -0.2) is 0 Å². The third-order valence-electron chi connectivity index (χ3n) is 4.01. The summed E-state index contributed by atoms with van der Waals surface area (Å²) in [4.78, 5) is 27.4. The molecule has 10 nitrogen and oxygen atoms in total. The second-order valence-corrected chi connectivity index (χ2v) is 6.71. The number of hydrogen-bond acceptors (Lipinski definition) is 6. The molecule has 10 heteroatoms. The minimum atomic E-state index is -1.55. The van der Waals surface area contributed by atoms with E-state index in [1.807, 2.05) is 0 Å². The van der Waals surface area contributed by atoms with E-state index >= 15 is 0 Å². The summed E-state index contributed by atoms with van der Waals surface area (Å²) in [5.41, 5.74) is 15.9. The first-order chi connectivity index (χ1) is 14.0. The smallest absolute Gasteiger partial charge is 0.269 e. The van der Waals surface area contributed by atoms with Crippen LogP contribution in [0.5, 0.6) is 0 Å². The van der Waals surface area contributed by atoms with Crippen LogP contribution in [0.25, 0.3) is 0 Å². The number of hydrogen-bond donors (Lipinski definition) is 7. The summed E-state index contributed by atoms with van der Waals surface area (Å²) in [6.07, 6.45) is 8.79. The highest BCUT2D eigenvalue weighted by Crippen LogP contribution is 2.03. The maximum atomic E-state index is 11.7. The number of nitrogens with two attached hydrogens (primary N) is 3. The molecule has 0 saturated carbocycles. The largest absolute Gasteiger partial charge is 0.370 e. The summed E-state index contributed by atoms with van der Waals surface area (Å²) in [6.45, 7) is 3.50. The number of nitrogens with zero attached hydrogens (tertiary/aromatic N) is 1. The molecule has 0 aromatic heterocycles. The van der Waals surface area contributed by atoms with Crippen LogP contribution in [0.15, 0.2) is 17.1 Å². The van der Waals surface area contributed by atoms with Crippen LogP contribution in [-0.2, 0) is 9.59 Å². The molecule has 0 spiro atoms. The molecule has 0 aliphatic carbocycles. The average molecular weight is 414 g/mol. The number of carbonyl (C=O) groups is 2. The Kier molecular flexibility index (Phi) is 17.7. The van der Waals surface area contributed by atoms with Crippen molar-refractivity contribution in [2.75, 3.05) is 32.7 Å². The minimum absolute atomic E-state index is 0.112. The van der Waals surface area contributed by atoms with Crippen LogP contribution >= 0.6 is 0 Å². The number of nitrogens with one attached hydrogen (secondary N) is 3. The third-order valence-corrected chi connectivity index (χ3v) is 4.01. The van der Waals surface area contributed by atoms with Crippen LogP contribution in [0.2, 0.25) is 0 Å². The lowest BCUT2D eigenvalue weighted by atomic mass is 10.1. The average Bonchev–Trinajstić information content (AvgIpc) is 2.68. The number of aliphatic hydroxyl groups excluding tert-OH is 1. The lowest BCUT2D eigenvalue weighted by Crippen LogP contribution is -2.46. The number of unbranched alkanes of at least 4 members (excludes halogenated alkanes) is 5. The third kappa shape index (κ3) is 18.9. The maximum Gasteiger partial charge on any atom is 0.269 e. The van der Waals surface area contributed by atoms with Crippen molar-refractivity contribution < 1.29 is 14.7 Å². The molecule has 29 heavy (non-hydrogen) atoms. The van der Waals surface area contributed by atoms with E-state index in [0.29, 0.717) is 19.6 Å². The van der Waals surface area contributed by atoms with Crippen LogP contribution in [0.1, 0.15) is 51.4 Å². The van der Waals surface area contributed by atoms with Gasteiger partial charge < -0.3 is 38.3 Å².